The molecule has 0 aromatic heterocycles. The summed E-state index contributed by atoms with van der Waals surface area (Å²) in [5.41, 5.74) is 2.14. The maximum atomic E-state index is 10.4. The number of hydrogen-bond acceptors (Lipinski definition) is 2. The number of carboxylic acids is 1. The predicted octanol–water partition coefficient (Wildman–Crippen LogP) is 3.49. The van der Waals surface area contributed by atoms with Crippen LogP contribution in [-0.4, -0.2) is 16.2 Å². The summed E-state index contributed by atoms with van der Waals surface area (Å²) in [6.45, 7) is 4.33. The molecule has 0 saturated heterocycles. The van der Waals surface area contributed by atoms with Crippen LogP contribution in [0.2, 0.25) is 0 Å². The van der Waals surface area contributed by atoms with Crippen LogP contribution in [0.4, 0.5) is 0 Å². The SMILES string of the molecule is CCC(C)c1ccc(C(O)CCCC(=O)O)cc1. The lowest BCUT2D eigenvalue weighted by Crippen LogP contribution is -2.01. The molecule has 1 rings (SSSR count). The Kier molecular flexibility index (Phi) is 5.86. The average Bonchev–Trinajstić information content (AvgIpc) is 2.37. The summed E-state index contributed by atoms with van der Waals surface area (Å²) in [6.07, 6.45) is 1.65. The first-order valence-electron chi connectivity index (χ1n) is 6.54. The number of aliphatic hydroxyl groups excluding tert-OH is 1. The van der Waals surface area contributed by atoms with Gasteiger partial charge in [0.05, 0.1) is 6.10 Å². The standard InChI is InChI=1S/C15H22O3/c1-3-11(2)12-7-9-13(10-8-12)14(16)5-4-6-15(17)18/h7-11,14,16H,3-6H2,1-2H3,(H,17,18). The van der Waals surface area contributed by atoms with Crippen LogP contribution in [0.15, 0.2) is 24.3 Å². The molecule has 0 spiro atoms. The largest absolute Gasteiger partial charge is 0.481 e. The molecule has 3 nitrogen and oxygen atoms in total. The number of carbonyl (C=O) groups is 1. The Morgan fingerprint density at radius 2 is 1.78 bits per heavy atom. The molecule has 0 aliphatic carbocycles. The monoisotopic (exact) mass is 250 g/mol. The quantitative estimate of drug-likeness (QED) is 0.778. The number of hydrogen-bond donors (Lipinski definition) is 2. The lowest BCUT2D eigenvalue weighted by molar-refractivity contribution is -0.137. The molecule has 1 aromatic rings. The van der Waals surface area contributed by atoms with Crippen LogP contribution in [0.1, 0.15) is 62.7 Å². The summed E-state index contributed by atoms with van der Waals surface area (Å²) < 4.78 is 0. The van der Waals surface area contributed by atoms with Gasteiger partial charge in [-0.3, -0.25) is 4.79 Å². The fourth-order valence-electron chi connectivity index (χ4n) is 1.90. The number of carboxylic acid groups (broad SMARTS) is 1. The van der Waals surface area contributed by atoms with Gasteiger partial charge in [0.15, 0.2) is 0 Å². The molecule has 0 aliphatic heterocycles. The third-order valence-electron chi connectivity index (χ3n) is 3.37. The Morgan fingerprint density at radius 3 is 2.28 bits per heavy atom. The fraction of sp³-hybridized carbons (Fsp3) is 0.533. The van der Waals surface area contributed by atoms with E-state index in [2.05, 4.69) is 13.8 Å². The van der Waals surface area contributed by atoms with Gasteiger partial charge in [0, 0.05) is 6.42 Å². The van der Waals surface area contributed by atoms with Gasteiger partial charge in [-0.25, -0.2) is 0 Å². The zero-order chi connectivity index (χ0) is 13.5. The molecule has 0 heterocycles. The highest BCUT2D eigenvalue weighted by Crippen LogP contribution is 2.23. The van der Waals surface area contributed by atoms with Gasteiger partial charge in [0.1, 0.15) is 0 Å². The van der Waals surface area contributed by atoms with E-state index in [1.54, 1.807) is 0 Å². The van der Waals surface area contributed by atoms with Crippen LogP contribution in [0.3, 0.4) is 0 Å². The molecule has 1 aromatic carbocycles. The van der Waals surface area contributed by atoms with Gasteiger partial charge in [-0.05, 0) is 36.3 Å². The van der Waals surface area contributed by atoms with Crippen molar-refractivity contribution in [2.24, 2.45) is 0 Å². The first-order chi connectivity index (χ1) is 8.54. The van der Waals surface area contributed by atoms with Gasteiger partial charge in [0.2, 0.25) is 0 Å². The van der Waals surface area contributed by atoms with Crippen LogP contribution in [0, 0.1) is 0 Å². The van der Waals surface area contributed by atoms with Gasteiger partial charge >= 0.3 is 5.97 Å². The summed E-state index contributed by atoms with van der Waals surface area (Å²) in [7, 11) is 0. The minimum absolute atomic E-state index is 0.113. The first-order valence-corrected chi connectivity index (χ1v) is 6.54. The van der Waals surface area contributed by atoms with Crippen molar-refractivity contribution in [3.8, 4) is 0 Å². The molecule has 100 valence electrons. The van der Waals surface area contributed by atoms with Crippen molar-refractivity contribution in [1.29, 1.82) is 0 Å². The molecular weight excluding hydrogens is 228 g/mol. The molecule has 2 unspecified atom stereocenters. The molecule has 0 radical (unpaired) electrons. The molecule has 0 bridgehead atoms. The Balaban J connectivity index is 2.53. The van der Waals surface area contributed by atoms with Crippen molar-refractivity contribution in [3.05, 3.63) is 35.4 Å². The molecule has 0 saturated carbocycles. The molecule has 3 heteroatoms. The lowest BCUT2D eigenvalue weighted by atomic mass is 9.95. The average molecular weight is 250 g/mol. The molecule has 0 amide bonds. The van der Waals surface area contributed by atoms with E-state index >= 15 is 0 Å². The van der Waals surface area contributed by atoms with E-state index in [1.807, 2.05) is 24.3 Å². The highest BCUT2D eigenvalue weighted by atomic mass is 16.4. The minimum atomic E-state index is -0.811. The van der Waals surface area contributed by atoms with Crippen molar-refractivity contribution in [2.75, 3.05) is 0 Å². The Morgan fingerprint density at radius 1 is 1.22 bits per heavy atom. The number of benzene rings is 1. The smallest absolute Gasteiger partial charge is 0.303 e. The van der Waals surface area contributed by atoms with Crippen molar-refractivity contribution in [1.82, 2.24) is 0 Å². The second-order valence-corrected chi connectivity index (χ2v) is 4.78. The Bertz CT molecular complexity index is 370. The van der Waals surface area contributed by atoms with E-state index < -0.39 is 12.1 Å². The fourth-order valence-corrected chi connectivity index (χ4v) is 1.90. The van der Waals surface area contributed by atoms with Gasteiger partial charge in [-0.1, -0.05) is 38.1 Å². The zero-order valence-corrected chi connectivity index (χ0v) is 11.1. The predicted molar refractivity (Wildman–Crippen MR) is 71.6 cm³/mol. The van der Waals surface area contributed by atoms with Crippen molar-refractivity contribution >= 4 is 5.97 Å². The van der Waals surface area contributed by atoms with Crippen molar-refractivity contribution in [2.45, 2.75) is 51.6 Å². The van der Waals surface area contributed by atoms with E-state index in [4.69, 9.17) is 5.11 Å². The first kappa shape index (κ1) is 14.7. The second-order valence-electron chi connectivity index (χ2n) is 4.78. The third kappa shape index (κ3) is 4.49. The van der Waals surface area contributed by atoms with Crippen LogP contribution in [0.5, 0.6) is 0 Å². The highest BCUT2D eigenvalue weighted by molar-refractivity contribution is 5.66. The Hall–Kier alpha value is -1.35. The Labute approximate surface area is 108 Å². The normalized spacial score (nSPS) is 14.2. The summed E-state index contributed by atoms with van der Waals surface area (Å²) in [5.74, 6) is -0.280. The molecule has 18 heavy (non-hydrogen) atoms. The zero-order valence-electron chi connectivity index (χ0n) is 11.1. The van der Waals surface area contributed by atoms with Gasteiger partial charge in [-0.15, -0.1) is 0 Å². The molecule has 2 atom stereocenters. The summed E-state index contributed by atoms with van der Waals surface area (Å²) >= 11 is 0. The van der Waals surface area contributed by atoms with E-state index in [-0.39, 0.29) is 6.42 Å². The topological polar surface area (TPSA) is 57.5 Å². The van der Waals surface area contributed by atoms with E-state index in [0.717, 1.165) is 12.0 Å². The number of aliphatic hydroxyl groups is 1. The molecular formula is C15H22O3. The maximum absolute atomic E-state index is 10.4. The van der Waals surface area contributed by atoms with Crippen molar-refractivity contribution < 1.29 is 15.0 Å². The lowest BCUT2D eigenvalue weighted by Gasteiger charge is -2.13. The number of rotatable bonds is 7. The molecule has 2 N–H and O–H groups in total. The summed E-state index contributed by atoms with van der Waals surface area (Å²) in [4.78, 5) is 10.4. The van der Waals surface area contributed by atoms with E-state index in [0.29, 0.717) is 18.8 Å². The van der Waals surface area contributed by atoms with Crippen LogP contribution in [-0.2, 0) is 4.79 Å². The number of aliphatic carboxylic acids is 1. The minimum Gasteiger partial charge on any atom is -0.481 e. The van der Waals surface area contributed by atoms with Gasteiger partial charge in [0.25, 0.3) is 0 Å². The molecule has 0 fully saturated rings. The summed E-state index contributed by atoms with van der Waals surface area (Å²) in [6, 6.07) is 7.97. The van der Waals surface area contributed by atoms with Gasteiger partial charge in [-0.2, -0.15) is 0 Å². The third-order valence-corrected chi connectivity index (χ3v) is 3.37. The summed E-state index contributed by atoms with van der Waals surface area (Å²) in [5, 5.41) is 18.5. The van der Waals surface area contributed by atoms with Crippen LogP contribution in [0.25, 0.3) is 0 Å². The van der Waals surface area contributed by atoms with Crippen LogP contribution >= 0.6 is 0 Å². The van der Waals surface area contributed by atoms with Gasteiger partial charge < -0.3 is 10.2 Å². The maximum Gasteiger partial charge on any atom is 0.303 e. The van der Waals surface area contributed by atoms with Crippen molar-refractivity contribution in [3.63, 3.8) is 0 Å². The van der Waals surface area contributed by atoms with Crippen LogP contribution < -0.4 is 0 Å². The highest BCUT2D eigenvalue weighted by Gasteiger charge is 2.09. The molecule has 0 aliphatic rings. The van der Waals surface area contributed by atoms with E-state index in [9.17, 15) is 9.90 Å². The second kappa shape index (κ2) is 7.17. The van der Waals surface area contributed by atoms with E-state index in [1.165, 1.54) is 5.56 Å².